The molecule has 4 aromatic carbocycles. The van der Waals surface area contributed by atoms with Gasteiger partial charge in [0.2, 0.25) is 5.91 Å². The summed E-state index contributed by atoms with van der Waals surface area (Å²) in [5, 5.41) is 4.55. The van der Waals surface area contributed by atoms with Gasteiger partial charge in [-0.15, -0.1) is 0 Å². The Morgan fingerprint density at radius 3 is 2.51 bits per heavy atom. The predicted molar refractivity (Wildman–Crippen MR) is 177 cm³/mol. The molecule has 0 spiro atoms. The summed E-state index contributed by atoms with van der Waals surface area (Å²) >= 11 is 0.805. The Kier molecular flexibility index (Phi) is 9.33. The lowest BCUT2D eigenvalue weighted by Crippen LogP contribution is -2.36. The standard InChI is InChI=1S/C35H33N3O6S/c1-2-43-31-20-24(10-15-30(31)44-23-26-8-5-7-25-6-3-4-9-29(25)26)21-32-34(40)38(35(41)45-32)22-33(39)36-27-11-13-28(14-12-27)37-16-18-42-19-17-37/h3-15,20-21H,2,16-19,22-23H2,1H3,(H,36,39)/b32-21+. The maximum absolute atomic E-state index is 13.1. The third kappa shape index (κ3) is 7.13. The van der Waals surface area contributed by atoms with Gasteiger partial charge in [-0.25, -0.2) is 0 Å². The average Bonchev–Trinajstić information content (AvgIpc) is 3.32. The molecule has 0 unspecified atom stereocenters. The van der Waals surface area contributed by atoms with Crippen LogP contribution in [0.1, 0.15) is 18.1 Å². The Morgan fingerprint density at radius 2 is 1.71 bits per heavy atom. The summed E-state index contributed by atoms with van der Waals surface area (Å²) in [7, 11) is 0. The normalized spacial score (nSPS) is 16.0. The summed E-state index contributed by atoms with van der Waals surface area (Å²) in [6.07, 6.45) is 1.63. The average molecular weight is 624 g/mol. The number of rotatable bonds is 10. The smallest absolute Gasteiger partial charge is 0.294 e. The van der Waals surface area contributed by atoms with Crippen molar-refractivity contribution in [3.63, 3.8) is 0 Å². The molecule has 230 valence electrons. The summed E-state index contributed by atoms with van der Waals surface area (Å²) in [5.41, 5.74) is 3.36. The van der Waals surface area contributed by atoms with Crippen molar-refractivity contribution >= 4 is 57.0 Å². The third-order valence-corrected chi connectivity index (χ3v) is 8.44. The number of fused-ring (bicyclic) bond motifs is 1. The fourth-order valence-electron chi connectivity index (χ4n) is 5.28. The maximum Gasteiger partial charge on any atom is 0.294 e. The van der Waals surface area contributed by atoms with Crippen LogP contribution in [0, 0.1) is 0 Å². The van der Waals surface area contributed by atoms with E-state index in [4.69, 9.17) is 14.2 Å². The summed E-state index contributed by atoms with van der Waals surface area (Å²) in [5.74, 6) is 0.135. The fourth-order valence-corrected chi connectivity index (χ4v) is 6.12. The molecule has 6 rings (SSSR count). The highest BCUT2D eigenvalue weighted by atomic mass is 32.2. The van der Waals surface area contributed by atoms with Gasteiger partial charge in [-0.3, -0.25) is 19.3 Å². The largest absolute Gasteiger partial charge is 0.490 e. The molecule has 2 aliphatic heterocycles. The Morgan fingerprint density at radius 1 is 0.933 bits per heavy atom. The van der Waals surface area contributed by atoms with E-state index in [1.54, 1.807) is 18.2 Å². The van der Waals surface area contributed by atoms with Crippen LogP contribution in [-0.4, -0.2) is 61.4 Å². The van der Waals surface area contributed by atoms with E-state index in [1.807, 2.05) is 61.5 Å². The summed E-state index contributed by atoms with van der Waals surface area (Å²) in [6.45, 7) is 5.30. The highest BCUT2D eigenvalue weighted by Gasteiger charge is 2.36. The van der Waals surface area contributed by atoms with Crippen LogP contribution in [0.5, 0.6) is 11.5 Å². The molecule has 9 nitrogen and oxygen atoms in total. The minimum Gasteiger partial charge on any atom is -0.490 e. The molecule has 0 atom stereocenters. The molecule has 1 N–H and O–H groups in total. The summed E-state index contributed by atoms with van der Waals surface area (Å²) in [4.78, 5) is 42.0. The number of anilines is 2. The van der Waals surface area contributed by atoms with Crippen molar-refractivity contribution in [2.75, 3.05) is 49.7 Å². The lowest BCUT2D eigenvalue weighted by atomic mass is 10.1. The molecule has 0 aliphatic carbocycles. The molecular weight excluding hydrogens is 590 g/mol. The zero-order valence-corrected chi connectivity index (χ0v) is 25.7. The molecular formula is C35H33N3O6S. The number of carbonyl (C=O) groups is 3. The molecule has 2 saturated heterocycles. The van der Waals surface area contributed by atoms with E-state index >= 15 is 0 Å². The molecule has 0 radical (unpaired) electrons. The van der Waals surface area contributed by atoms with E-state index in [1.165, 1.54) is 0 Å². The SMILES string of the molecule is CCOc1cc(/C=C2/SC(=O)N(CC(=O)Nc3ccc(N4CCOCC4)cc3)C2=O)ccc1OCc1cccc2ccccc12. The van der Waals surface area contributed by atoms with Gasteiger partial charge < -0.3 is 24.4 Å². The minimum atomic E-state index is -0.517. The second-order valence-electron chi connectivity index (χ2n) is 10.5. The monoisotopic (exact) mass is 623 g/mol. The number of nitrogens with zero attached hydrogens (tertiary/aromatic N) is 2. The number of hydrogen-bond acceptors (Lipinski definition) is 8. The van der Waals surface area contributed by atoms with Gasteiger partial charge in [0.25, 0.3) is 11.1 Å². The Balaban J connectivity index is 1.09. The first-order chi connectivity index (χ1) is 22.0. The second kappa shape index (κ2) is 13.9. The van der Waals surface area contributed by atoms with Crippen molar-refractivity contribution in [3.8, 4) is 11.5 Å². The second-order valence-corrected chi connectivity index (χ2v) is 11.5. The van der Waals surface area contributed by atoms with E-state index in [2.05, 4.69) is 28.4 Å². The Labute approximate surface area is 265 Å². The van der Waals surface area contributed by atoms with Gasteiger partial charge in [0.1, 0.15) is 13.2 Å². The van der Waals surface area contributed by atoms with Gasteiger partial charge in [0, 0.05) is 24.5 Å². The molecule has 3 amide bonds. The van der Waals surface area contributed by atoms with E-state index in [0.717, 1.165) is 51.8 Å². The van der Waals surface area contributed by atoms with Crippen molar-refractivity contribution in [1.82, 2.24) is 4.90 Å². The van der Waals surface area contributed by atoms with Gasteiger partial charge in [0.05, 0.1) is 24.7 Å². The topological polar surface area (TPSA) is 97.4 Å². The van der Waals surface area contributed by atoms with Crippen LogP contribution in [-0.2, 0) is 20.9 Å². The van der Waals surface area contributed by atoms with Crippen molar-refractivity contribution in [2.24, 2.45) is 0 Å². The summed E-state index contributed by atoms with van der Waals surface area (Å²) in [6, 6.07) is 27.1. The van der Waals surface area contributed by atoms with Crippen LogP contribution in [0.4, 0.5) is 16.2 Å². The number of morpholine rings is 1. The van der Waals surface area contributed by atoms with Gasteiger partial charge >= 0.3 is 0 Å². The highest BCUT2D eigenvalue weighted by molar-refractivity contribution is 8.18. The van der Waals surface area contributed by atoms with E-state index in [9.17, 15) is 14.4 Å². The molecule has 4 aromatic rings. The van der Waals surface area contributed by atoms with Crippen molar-refractivity contribution in [1.29, 1.82) is 0 Å². The van der Waals surface area contributed by atoms with E-state index in [-0.39, 0.29) is 11.4 Å². The molecule has 2 aliphatic rings. The van der Waals surface area contributed by atoms with Gasteiger partial charge in [0.15, 0.2) is 11.5 Å². The molecule has 2 heterocycles. The van der Waals surface area contributed by atoms with Crippen LogP contribution >= 0.6 is 11.8 Å². The summed E-state index contributed by atoms with van der Waals surface area (Å²) < 4.78 is 17.4. The first-order valence-corrected chi connectivity index (χ1v) is 15.6. The maximum atomic E-state index is 13.1. The van der Waals surface area contributed by atoms with Gasteiger partial charge in [-0.05, 0) is 83.1 Å². The zero-order valence-electron chi connectivity index (χ0n) is 24.9. The zero-order chi connectivity index (χ0) is 31.2. The number of ether oxygens (including phenoxy) is 3. The number of thioether (sulfide) groups is 1. The van der Waals surface area contributed by atoms with Crippen LogP contribution < -0.4 is 19.7 Å². The Hall–Kier alpha value is -4.80. The lowest BCUT2D eigenvalue weighted by molar-refractivity contribution is -0.127. The fraction of sp³-hybridized carbons (Fsp3) is 0.229. The van der Waals surface area contributed by atoms with Gasteiger partial charge in [-0.2, -0.15) is 0 Å². The number of benzene rings is 4. The molecule has 0 aromatic heterocycles. The lowest BCUT2D eigenvalue weighted by Gasteiger charge is -2.28. The minimum absolute atomic E-state index is 0.231. The number of hydrogen-bond donors (Lipinski definition) is 1. The number of carbonyl (C=O) groups excluding carboxylic acids is 3. The molecule has 10 heteroatoms. The van der Waals surface area contributed by atoms with Crippen LogP contribution in [0.2, 0.25) is 0 Å². The van der Waals surface area contributed by atoms with Crippen LogP contribution in [0.3, 0.4) is 0 Å². The van der Waals surface area contributed by atoms with Crippen LogP contribution in [0.15, 0.2) is 89.8 Å². The molecule has 45 heavy (non-hydrogen) atoms. The van der Waals surface area contributed by atoms with E-state index < -0.39 is 17.1 Å². The quantitative estimate of drug-likeness (QED) is 0.205. The third-order valence-electron chi connectivity index (χ3n) is 7.53. The van der Waals surface area contributed by atoms with E-state index in [0.29, 0.717) is 49.2 Å². The number of nitrogens with one attached hydrogen (secondary N) is 1. The van der Waals surface area contributed by atoms with Crippen LogP contribution in [0.25, 0.3) is 16.8 Å². The predicted octanol–water partition coefficient (Wildman–Crippen LogP) is 6.33. The Bertz CT molecular complexity index is 1750. The number of amides is 3. The first kappa shape index (κ1) is 30.2. The van der Waals surface area contributed by atoms with Crippen molar-refractivity contribution in [2.45, 2.75) is 13.5 Å². The highest BCUT2D eigenvalue weighted by Crippen LogP contribution is 2.35. The number of imide groups is 1. The van der Waals surface area contributed by atoms with Crippen molar-refractivity contribution in [3.05, 3.63) is 101 Å². The first-order valence-electron chi connectivity index (χ1n) is 14.8. The molecule has 0 bridgehead atoms. The van der Waals surface area contributed by atoms with Crippen molar-refractivity contribution < 1.29 is 28.6 Å². The van der Waals surface area contributed by atoms with Gasteiger partial charge in [-0.1, -0.05) is 48.5 Å². The molecule has 2 fully saturated rings. The molecule has 0 saturated carbocycles.